The summed E-state index contributed by atoms with van der Waals surface area (Å²) in [7, 11) is 0. The van der Waals surface area contributed by atoms with Crippen molar-refractivity contribution in [3.8, 4) is 22.5 Å². The molecular weight excluding hydrogens is 231 g/mol. The summed E-state index contributed by atoms with van der Waals surface area (Å²) in [6.45, 7) is 0. The quantitative estimate of drug-likeness (QED) is 0.687. The first-order chi connectivity index (χ1) is 8.84. The third-order valence-electron chi connectivity index (χ3n) is 2.67. The lowest BCUT2D eigenvalue weighted by Crippen LogP contribution is -1.81. The molecule has 3 rings (SSSR count). The van der Waals surface area contributed by atoms with Crippen LogP contribution in [0.4, 0.5) is 4.39 Å². The third kappa shape index (κ3) is 1.88. The lowest BCUT2D eigenvalue weighted by atomic mass is 10.0. The molecule has 0 aliphatic carbocycles. The van der Waals surface area contributed by atoms with Crippen molar-refractivity contribution in [2.75, 3.05) is 0 Å². The molecule has 0 saturated heterocycles. The van der Waals surface area contributed by atoms with E-state index in [2.05, 4.69) is 10.1 Å². The Balaban J connectivity index is 2.10. The van der Waals surface area contributed by atoms with Gasteiger partial charge in [-0.15, -0.1) is 0 Å². The highest BCUT2D eigenvalue weighted by Gasteiger charge is 2.12. The molecule has 0 radical (unpaired) electrons. The van der Waals surface area contributed by atoms with Crippen molar-refractivity contribution in [2.45, 2.75) is 0 Å². The van der Waals surface area contributed by atoms with Gasteiger partial charge in [-0.25, -0.2) is 4.39 Å². The number of aromatic nitrogens is 2. The van der Waals surface area contributed by atoms with Gasteiger partial charge in [0.15, 0.2) is 5.76 Å². The molecule has 0 bridgehead atoms. The van der Waals surface area contributed by atoms with E-state index in [0.29, 0.717) is 5.76 Å². The lowest BCUT2D eigenvalue weighted by molar-refractivity contribution is 0.432. The molecule has 0 unspecified atom stereocenters. The highest BCUT2D eigenvalue weighted by molar-refractivity contribution is 5.78. The minimum absolute atomic E-state index is 0.274. The molecule has 3 aromatic rings. The zero-order chi connectivity index (χ0) is 12.4. The van der Waals surface area contributed by atoms with Crippen molar-refractivity contribution in [3.05, 3.63) is 60.8 Å². The summed E-state index contributed by atoms with van der Waals surface area (Å²) in [6.07, 6.45) is 5.06. The molecule has 0 fully saturated rings. The van der Waals surface area contributed by atoms with Crippen LogP contribution < -0.4 is 0 Å². The molecule has 0 aliphatic rings. The number of nitrogens with zero attached hydrogens (tertiary/aromatic N) is 2. The molecule has 88 valence electrons. The first-order valence-electron chi connectivity index (χ1n) is 5.45. The van der Waals surface area contributed by atoms with Crippen LogP contribution in [0.15, 0.2) is 59.5 Å². The lowest BCUT2D eigenvalue weighted by Gasteiger charge is -2.01. The van der Waals surface area contributed by atoms with Crippen LogP contribution in [0.5, 0.6) is 0 Å². The van der Waals surface area contributed by atoms with Crippen LogP contribution in [0.25, 0.3) is 22.5 Å². The standard InChI is InChI=1S/C14H9FN2O/c15-12-3-1-11(2-4-12)14-13(9-17-18-14)10-5-7-16-8-6-10/h1-9H. The van der Waals surface area contributed by atoms with Crippen molar-refractivity contribution in [1.82, 2.24) is 10.1 Å². The monoisotopic (exact) mass is 240 g/mol. The van der Waals surface area contributed by atoms with E-state index in [1.165, 1.54) is 12.1 Å². The normalized spacial score (nSPS) is 10.5. The predicted molar refractivity (Wildman–Crippen MR) is 65.1 cm³/mol. The van der Waals surface area contributed by atoms with E-state index in [4.69, 9.17) is 4.52 Å². The number of pyridine rings is 1. The third-order valence-corrected chi connectivity index (χ3v) is 2.67. The van der Waals surface area contributed by atoms with Crippen molar-refractivity contribution >= 4 is 0 Å². The van der Waals surface area contributed by atoms with Crippen LogP contribution in [0.3, 0.4) is 0 Å². The molecule has 4 heteroatoms. The second-order valence-corrected chi connectivity index (χ2v) is 3.81. The predicted octanol–water partition coefficient (Wildman–Crippen LogP) is 3.54. The molecule has 1 aromatic carbocycles. The zero-order valence-electron chi connectivity index (χ0n) is 9.38. The van der Waals surface area contributed by atoms with Gasteiger partial charge >= 0.3 is 0 Å². The fourth-order valence-electron chi connectivity index (χ4n) is 1.79. The van der Waals surface area contributed by atoms with Gasteiger partial charge in [-0.3, -0.25) is 4.98 Å². The van der Waals surface area contributed by atoms with Crippen LogP contribution in [0.1, 0.15) is 0 Å². The maximum Gasteiger partial charge on any atom is 0.174 e. The summed E-state index contributed by atoms with van der Waals surface area (Å²) in [5, 5.41) is 3.81. The van der Waals surface area contributed by atoms with Crippen molar-refractivity contribution < 1.29 is 8.91 Å². The average Bonchev–Trinajstić information content (AvgIpc) is 2.90. The van der Waals surface area contributed by atoms with Gasteiger partial charge in [-0.1, -0.05) is 5.16 Å². The second kappa shape index (κ2) is 4.41. The minimum Gasteiger partial charge on any atom is -0.356 e. The zero-order valence-corrected chi connectivity index (χ0v) is 9.38. The van der Waals surface area contributed by atoms with E-state index < -0.39 is 0 Å². The fourth-order valence-corrected chi connectivity index (χ4v) is 1.79. The number of halogens is 1. The van der Waals surface area contributed by atoms with Gasteiger partial charge < -0.3 is 4.52 Å². The van der Waals surface area contributed by atoms with Gasteiger partial charge in [0.25, 0.3) is 0 Å². The molecule has 0 amide bonds. The second-order valence-electron chi connectivity index (χ2n) is 3.81. The molecule has 18 heavy (non-hydrogen) atoms. The smallest absolute Gasteiger partial charge is 0.174 e. The Labute approximate surface area is 103 Å². The number of hydrogen-bond donors (Lipinski definition) is 0. The first kappa shape index (κ1) is 10.7. The van der Waals surface area contributed by atoms with Gasteiger partial charge in [-0.05, 0) is 42.0 Å². The summed E-state index contributed by atoms with van der Waals surface area (Å²) in [6, 6.07) is 9.88. The summed E-state index contributed by atoms with van der Waals surface area (Å²) in [5.41, 5.74) is 2.62. The van der Waals surface area contributed by atoms with Crippen LogP contribution in [-0.4, -0.2) is 10.1 Å². The topological polar surface area (TPSA) is 38.9 Å². The fraction of sp³-hybridized carbons (Fsp3) is 0. The maximum absolute atomic E-state index is 12.9. The Bertz CT molecular complexity index is 647. The summed E-state index contributed by atoms with van der Waals surface area (Å²) in [4.78, 5) is 3.97. The number of rotatable bonds is 2. The molecule has 2 heterocycles. The van der Waals surface area contributed by atoms with E-state index in [0.717, 1.165) is 16.7 Å². The Kier molecular flexibility index (Phi) is 2.61. The number of benzene rings is 1. The van der Waals surface area contributed by atoms with Gasteiger partial charge in [0.1, 0.15) is 5.82 Å². The summed E-state index contributed by atoms with van der Waals surface area (Å²) < 4.78 is 18.1. The molecule has 3 nitrogen and oxygen atoms in total. The largest absolute Gasteiger partial charge is 0.356 e. The SMILES string of the molecule is Fc1ccc(-c2oncc2-c2ccncc2)cc1. The Hall–Kier alpha value is -2.49. The van der Waals surface area contributed by atoms with Gasteiger partial charge in [0.05, 0.1) is 6.20 Å². The van der Waals surface area contributed by atoms with Crippen molar-refractivity contribution in [2.24, 2.45) is 0 Å². The minimum atomic E-state index is -0.274. The van der Waals surface area contributed by atoms with Gasteiger partial charge in [-0.2, -0.15) is 0 Å². The van der Waals surface area contributed by atoms with Crippen LogP contribution in [0.2, 0.25) is 0 Å². The van der Waals surface area contributed by atoms with Crippen molar-refractivity contribution in [3.63, 3.8) is 0 Å². The Morgan fingerprint density at radius 2 is 1.61 bits per heavy atom. The Morgan fingerprint density at radius 3 is 2.33 bits per heavy atom. The Morgan fingerprint density at radius 1 is 0.889 bits per heavy atom. The molecule has 0 saturated carbocycles. The highest BCUT2D eigenvalue weighted by atomic mass is 19.1. The van der Waals surface area contributed by atoms with Gasteiger partial charge in [0, 0.05) is 23.5 Å². The molecule has 0 aliphatic heterocycles. The maximum atomic E-state index is 12.9. The van der Waals surface area contributed by atoms with Crippen LogP contribution >= 0.6 is 0 Å². The summed E-state index contributed by atoms with van der Waals surface area (Å²) >= 11 is 0. The van der Waals surface area contributed by atoms with Gasteiger partial charge in [0.2, 0.25) is 0 Å². The van der Waals surface area contributed by atoms with Crippen LogP contribution in [0, 0.1) is 5.82 Å². The molecule has 0 N–H and O–H groups in total. The molecular formula is C14H9FN2O. The molecule has 2 aromatic heterocycles. The van der Waals surface area contributed by atoms with E-state index in [1.54, 1.807) is 30.7 Å². The first-order valence-corrected chi connectivity index (χ1v) is 5.45. The average molecular weight is 240 g/mol. The molecule has 0 spiro atoms. The van der Waals surface area contributed by atoms with E-state index in [-0.39, 0.29) is 5.82 Å². The van der Waals surface area contributed by atoms with Crippen LogP contribution in [-0.2, 0) is 0 Å². The molecule has 0 atom stereocenters. The van der Waals surface area contributed by atoms with E-state index >= 15 is 0 Å². The van der Waals surface area contributed by atoms with E-state index in [1.807, 2.05) is 12.1 Å². The highest BCUT2D eigenvalue weighted by Crippen LogP contribution is 2.31. The van der Waals surface area contributed by atoms with Crippen molar-refractivity contribution in [1.29, 1.82) is 0 Å². The number of hydrogen-bond acceptors (Lipinski definition) is 3. The van der Waals surface area contributed by atoms with E-state index in [9.17, 15) is 4.39 Å². The summed E-state index contributed by atoms with van der Waals surface area (Å²) in [5.74, 6) is 0.352.